The number of anilines is 1. The maximum atomic E-state index is 5.93. The standard InChI is InChI=1S/C19H25N3O/c1-14(2)23-18-10-8-17(9-11-18)22-19(20)21-13-12-16-7-5-4-6-15(16)3/h4-11,14H,12-13H2,1-3H3,(H3,20,21,22). The van der Waals surface area contributed by atoms with Crippen molar-refractivity contribution in [3.8, 4) is 5.75 Å². The largest absolute Gasteiger partial charge is 0.491 e. The second kappa shape index (κ2) is 8.22. The summed E-state index contributed by atoms with van der Waals surface area (Å²) in [7, 11) is 0. The van der Waals surface area contributed by atoms with Gasteiger partial charge in [-0.25, -0.2) is 0 Å². The number of aryl methyl sites for hydroxylation is 1. The lowest BCUT2D eigenvalue weighted by atomic mass is 10.1. The third kappa shape index (κ3) is 5.66. The molecule has 0 bridgehead atoms. The van der Waals surface area contributed by atoms with Gasteiger partial charge in [-0.05, 0) is 62.6 Å². The van der Waals surface area contributed by atoms with E-state index in [1.54, 1.807) is 0 Å². The predicted octanol–water partition coefficient (Wildman–Crippen LogP) is 3.75. The molecular weight excluding hydrogens is 286 g/mol. The minimum atomic E-state index is 0.168. The summed E-state index contributed by atoms with van der Waals surface area (Å²) in [5, 5.41) is 3.10. The van der Waals surface area contributed by atoms with E-state index >= 15 is 0 Å². The van der Waals surface area contributed by atoms with Gasteiger partial charge in [-0.15, -0.1) is 0 Å². The predicted molar refractivity (Wildman–Crippen MR) is 97.2 cm³/mol. The van der Waals surface area contributed by atoms with Gasteiger partial charge in [-0.3, -0.25) is 4.99 Å². The average molecular weight is 311 g/mol. The Bertz CT molecular complexity index is 648. The Balaban J connectivity index is 1.86. The van der Waals surface area contributed by atoms with E-state index in [-0.39, 0.29) is 6.10 Å². The highest BCUT2D eigenvalue weighted by Gasteiger charge is 2.00. The molecule has 3 N–H and O–H groups in total. The average Bonchev–Trinajstić information content (AvgIpc) is 2.51. The number of nitrogens with two attached hydrogens (primary N) is 1. The molecule has 0 atom stereocenters. The molecule has 4 nitrogen and oxygen atoms in total. The first kappa shape index (κ1) is 16.9. The lowest BCUT2D eigenvalue weighted by Gasteiger charge is -2.11. The Labute approximate surface area is 138 Å². The van der Waals surface area contributed by atoms with Crippen LogP contribution in [0.15, 0.2) is 53.5 Å². The van der Waals surface area contributed by atoms with Crippen LogP contribution in [0.3, 0.4) is 0 Å². The minimum absolute atomic E-state index is 0.168. The molecule has 0 fully saturated rings. The smallest absolute Gasteiger partial charge is 0.193 e. The highest BCUT2D eigenvalue weighted by Crippen LogP contribution is 2.16. The zero-order chi connectivity index (χ0) is 16.7. The topological polar surface area (TPSA) is 59.6 Å². The van der Waals surface area contributed by atoms with E-state index < -0.39 is 0 Å². The van der Waals surface area contributed by atoms with E-state index in [0.29, 0.717) is 12.5 Å². The van der Waals surface area contributed by atoms with Crippen LogP contribution in [-0.2, 0) is 6.42 Å². The van der Waals surface area contributed by atoms with E-state index in [2.05, 4.69) is 35.4 Å². The molecule has 0 aliphatic heterocycles. The molecule has 0 radical (unpaired) electrons. The fourth-order valence-corrected chi connectivity index (χ4v) is 2.26. The van der Waals surface area contributed by atoms with E-state index in [4.69, 9.17) is 10.5 Å². The molecule has 4 heteroatoms. The van der Waals surface area contributed by atoms with Crippen molar-refractivity contribution >= 4 is 11.6 Å². The van der Waals surface area contributed by atoms with Gasteiger partial charge >= 0.3 is 0 Å². The fraction of sp³-hybridized carbons (Fsp3) is 0.316. The summed E-state index contributed by atoms with van der Waals surface area (Å²) in [6.07, 6.45) is 1.05. The van der Waals surface area contributed by atoms with Gasteiger partial charge in [0.15, 0.2) is 5.96 Å². The Kier molecular flexibility index (Phi) is 6.03. The number of hydrogen-bond acceptors (Lipinski definition) is 2. The number of hydrogen-bond donors (Lipinski definition) is 2. The van der Waals surface area contributed by atoms with Gasteiger partial charge in [0.25, 0.3) is 0 Å². The summed E-state index contributed by atoms with van der Waals surface area (Å²) in [5.74, 6) is 1.27. The molecule has 0 heterocycles. The van der Waals surface area contributed by atoms with Gasteiger partial charge in [0.05, 0.1) is 6.10 Å². The van der Waals surface area contributed by atoms with Gasteiger partial charge < -0.3 is 15.8 Å². The monoisotopic (exact) mass is 311 g/mol. The van der Waals surface area contributed by atoms with Crippen molar-refractivity contribution in [2.75, 3.05) is 11.9 Å². The quantitative estimate of drug-likeness (QED) is 0.631. The van der Waals surface area contributed by atoms with Crippen LogP contribution in [0.1, 0.15) is 25.0 Å². The first-order chi connectivity index (χ1) is 11.0. The van der Waals surface area contributed by atoms with Crippen LogP contribution in [0.25, 0.3) is 0 Å². The number of guanidine groups is 1. The molecular formula is C19H25N3O. The maximum absolute atomic E-state index is 5.93. The van der Waals surface area contributed by atoms with Crippen LogP contribution in [0.5, 0.6) is 5.75 Å². The first-order valence-electron chi connectivity index (χ1n) is 7.93. The molecule has 0 saturated heterocycles. The van der Waals surface area contributed by atoms with Crippen molar-refractivity contribution in [3.63, 3.8) is 0 Å². The van der Waals surface area contributed by atoms with Crippen LogP contribution < -0.4 is 15.8 Å². The van der Waals surface area contributed by atoms with E-state index in [0.717, 1.165) is 17.9 Å². The molecule has 2 aromatic carbocycles. The molecule has 23 heavy (non-hydrogen) atoms. The maximum Gasteiger partial charge on any atom is 0.193 e. The van der Waals surface area contributed by atoms with Crippen LogP contribution >= 0.6 is 0 Å². The second-order valence-corrected chi connectivity index (χ2v) is 5.76. The highest BCUT2D eigenvalue weighted by molar-refractivity contribution is 5.92. The SMILES string of the molecule is Cc1ccccc1CCN=C(N)Nc1ccc(OC(C)C)cc1. The van der Waals surface area contributed by atoms with Crippen molar-refractivity contribution in [2.45, 2.75) is 33.3 Å². The third-order valence-corrected chi connectivity index (χ3v) is 3.42. The van der Waals surface area contributed by atoms with E-state index in [9.17, 15) is 0 Å². The Morgan fingerprint density at radius 2 is 1.83 bits per heavy atom. The van der Waals surface area contributed by atoms with E-state index in [1.807, 2.05) is 44.2 Å². The molecule has 0 spiro atoms. The summed E-state index contributed by atoms with van der Waals surface area (Å²) in [4.78, 5) is 4.38. The zero-order valence-corrected chi connectivity index (χ0v) is 14.0. The lowest BCUT2D eigenvalue weighted by molar-refractivity contribution is 0.242. The molecule has 122 valence electrons. The summed E-state index contributed by atoms with van der Waals surface area (Å²) in [5.41, 5.74) is 9.43. The van der Waals surface area contributed by atoms with Gasteiger partial charge in [0, 0.05) is 12.2 Å². The van der Waals surface area contributed by atoms with Crippen LogP contribution in [0.4, 0.5) is 5.69 Å². The molecule has 0 aromatic heterocycles. The van der Waals surface area contributed by atoms with E-state index in [1.165, 1.54) is 11.1 Å². The van der Waals surface area contributed by atoms with Crippen LogP contribution in [-0.4, -0.2) is 18.6 Å². The first-order valence-corrected chi connectivity index (χ1v) is 7.93. The van der Waals surface area contributed by atoms with Crippen molar-refractivity contribution in [3.05, 3.63) is 59.7 Å². The lowest BCUT2D eigenvalue weighted by Crippen LogP contribution is -2.23. The Hall–Kier alpha value is -2.49. The van der Waals surface area contributed by atoms with Crippen molar-refractivity contribution in [1.82, 2.24) is 0 Å². The molecule has 0 aliphatic carbocycles. The molecule has 0 amide bonds. The van der Waals surface area contributed by atoms with Gasteiger partial charge in [0.2, 0.25) is 0 Å². The number of rotatable bonds is 6. The van der Waals surface area contributed by atoms with Gasteiger partial charge in [0.1, 0.15) is 5.75 Å². The summed E-state index contributed by atoms with van der Waals surface area (Å²) in [6.45, 7) is 6.79. The highest BCUT2D eigenvalue weighted by atomic mass is 16.5. The molecule has 2 rings (SSSR count). The Morgan fingerprint density at radius 1 is 1.13 bits per heavy atom. The van der Waals surface area contributed by atoms with Gasteiger partial charge in [-0.1, -0.05) is 24.3 Å². The van der Waals surface area contributed by atoms with Crippen molar-refractivity contribution in [1.29, 1.82) is 0 Å². The number of nitrogens with one attached hydrogen (secondary N) is 1. The molecule has 2 aromatic rings. The summed E-state index contributed by atoms with van der Waals surface area (Å²) < 4.78 is 5.61. The van der Waals surface area contributed by atoms with Crippen molar-refractivity contribution < 1.29 is 4.74 Å². The fourth-order valence-electron chi connectivity index (χ4n) is 2.26. The number of benzene rings is 2. The molecule has 0 aliphatic rings. The summed E-state index contributed by atoms with van der Waals surface area (Å²) >= 11 is 0. The third-order valence-electron chi connectivity index (χ3n) is 3.42. The summed E-state index contributed by atoms with van der Waals surface area (Å²) in [6, 6.07) is 16.0. The van der Waals surface area contributed by atoms with Crippen molar-refractivity contribution in [2.24, 2.45) is 10.7 Å². The molecule has 0 saturated carbocycles. The number of ether oxygens (including phenoxy) is 1. The number of nitrogens with zero attached hydrogens (tertiary/aromatic N) is 1. The van der Waals surface area contributed by atoms with Crippen LogP contribution in [0.2, 0.25) is 0 Å². The van der Waals surface area contributed by atoms with Crippen LogP contribution in [0, 0.1) is 6.92 Å². The second-order valence-electron chi connectivity index (χ2n) is 5.76. The number of aliphatic imine (C=N–C) groups is 1. The Morgan fingerprint density at radius 3 is 2.48 bits per heavy atom. The van der Waals surface area contributed by atoms with Gasteiger partial charge in [-0.2, -0.15) is 0 Å². The molecule has 0 unspecified atom stereocenters. The minimum Gasteiger partial charge on any atom is -0.491 e. The normalized spacial score (nSPS) is 11.6. The zero-order valence-electron chi connectivity index (χ0n) is 14.0.